The summed E-state index contributed by atoms with van der Waals surface area (Å²) in [5.41, 5.74) is 1.12. The Bertz CT molecular complexity index is 648. The third-order valence-electron chi connectivity index (χ3n) is 5.45. The molecule has 4 rings (SSSR count). The maximum Gasteiger partial charge on any atom is 0.222 e. The number of thiazole rings is 1. The molecule has 2 fully saturated rings. The van der Waals surface area contributed by atoms with Crippen LogP contribution in [-0.4, -0.2) is 28.9 Å². The second kappa shape index (κ2) is 6.60. The zero-order valence-electron chi connectivity index (χ0n) is 13.5. The predicted octanol–water partition coefficient (Wildman–Crippen LogP) is 4.58. The fraction of sp³-hybridized carbons (Fsp3) is 0.579. The number of carbonyl (C=O) groups is 1. The molecule has 1 amide bonds. The summed E-state index contributed by atoms with van der Waals surface area (Å²) in [6.07, 6.45) is 8.06. The molecule has 3 nitrogen and oxygen atoms in total. The number of benzene rings is 1. The molecule has 0 spiro atoms. The van der Waals surface area contributed by atoms with Gasteiger partial charge in [0.25, 0.3) is 0 Å². The van der Waals surface area contributed by atoms with Crippen LogP contribution in [-0.2, 0) is 4.79 Å². The Balaban J connectivity index is 1.35. The Morgan fingerprint density at radius 3 is 2.61 bits per heavy atom. The summed E-state index contributed by atoms with van der Waals surface area (Å²) in [5, 5.41) is 1.26. The Labute approximate surface area is 141 Å². The van der Waals surface area contributed by atoms with E-state index in [0.29, 0.717) is 17.7 Å². The molecule has 1 aromatic carbocycles. The average Bonchev–Trinajstić information content (AvgIpc) is 3.24. The van der Waals surface area contributed by atoms with E-state index in [9.17, 15) is 4.79 Å². The summed E-state index contributed by atoms with van der Waals surface area (Å²) >= 11 is 1.83. The van der Waals surface area contributed by atoms with E-state index in [4.69, 9.17) is 4.98 Å². The van der Waals surface area contributed by atoms with Crippen molar-refractivity contribution in [2.75, 3.05) is 13.1 Å². The highest BCUT2D eigenvalue weighted by atomic mass is 32.1. The van der Waals surface area contributed by atoms with Crippen molar-refractivity contribution < 1.29 is 4.79 Å². The van der Waals surface area contributed by atoms with Crippen LogP contribution in [0.4, 0.5) is 0 Å². The van der Waals surface area contributed by atoms with Crippen LogP contribution in [0.1, 0.15) is 55.9 Å². The number of rotatable bonds is 3. The van der Waals surface area contributed by atoms with Crippen LogP contribution in [0.5, 0.6) is 0 Å². The minimum Gasteiger partial charge on any atom is -0.343 e. The van der Waals surface area contributed by atoms with Crippen molar-refractivity contribution >= 4 is 27.5 Å². The van der Waals surface area contributed by atoms with Crippen LogP contribution in [0, 0.1) is 5.92 Å². The van der Waals surface area contributed by atoms with Crippen molar-refractivity contribution in [3.8, 4) is 0 Å². The smallest absolute Gasteiger partial charge is 0.222 e. The van der Waals surface area contributed by atoms with Crippen LogP contribution in [0.3, 0.4) is 0 Å². The maximum atomic E-state index is 12.5. The van der Waals surface area contributed by atoms with Gasteiger partial charge in [-0.05, 0) is 43.7 Å². The Morgan fingerprint density at radius 2 is 1.87 bits per heavy atom. The van der Waals surface area contributed by atoms with Gasteiger partial charge in [0.2, 0.25) is 5.91 Å². The van der Waals surface area contributed by atoms with E-state index in [0.717, 1.165) is 37.9 Å². The number of para-hydroxylation sites is 1. The molecular weight excluding hydrogens is 304 g/mol. The van der Waals surface area contributed by atoms with Gasteiger partial charge >= 0.3 is 0 Å². The first-order chi connectivity index (χ1) is 11.3. The first-order valence-electron chi connectivity index (χ1n) is 8.93. The standard InChI is InChI=1S/C19H24N2OS/c22-18(13-14-5-1-2-6-14)21-11-9-15(10-12-21)19-20-16-7-3-4-8-17(16)23-19/h3-4,7-8,14-15H,1-2,5-6,9-13H2. The molecule has 0 N–H and O–H groups in total. The molecular formula is C19H24N2OS. The number of piperidine rings is 1. The van der Waals surface area contributed by atoms with Crippen LogP contribution in [0.2, 0.25) is 0 Å². The summed E-state index contributed by atoms with van der Waals surface area (Å²) in [7, 11) is 0. The predicted molar refractivity (Wildman–Crippen MR) is 94.8 cm³/mol. The van der Waals surface area contributed by atoms with Crippen LogP contribution in [0.25, 0.3) is 10.2 Å². The molecule has 0 radical (unpaired) electrons. The largest absolute Gasteiger partial charge is 0.343 e. The Kier molecular flexibility index (Phi) is 4.34. The zero-order chi connectivity index (χ0) is 15.6. The summed E-state index contributed by atoms with van der Waals surface area (Å²) < 4.78 is 1.28. The van der Waals surface area contributed by atoms with E-state index in [1.807, 2.05) is 11.3 Å². The lowest BCUT2D eigenvalue weighted by Gasteiger charge is -2.31. The van der Waals surface area contributed by atoms with Crippen molar-refractivity contribution in [2.45, 2.75) is 50.9 Å². The number of likely N-dealkylation sites (tertiary alicyclic amines) is 1. The molecule has 1 aliphatic heterocycles. The van der Waals surface area contributed by atoms with E-state index >= 15 is 0 Å². The minimum atomic E-state index is 0.389. The average molecular weight is 328 g/mol. The topological polar surface area (TPSA) is 33.2 Å². The summed E-state index contributed by atoms with van der Waals surface area (Å²) in [6.45, 7) is 1.82. The lowest BCUT2D eigenvalue weighted by Crippen LogP contribution is -2.38. The highest BCUT2D eigenvalue weighted by Gasteiger charge is 2.27. The lowest BCUT2D eigenvalue weighted by molar-refractivity contribution is -0.133. The third kappa shape index (κ3) is 3.27. The molecule has 1 aromatic heterocycles. The number of amides is 1. The molecule has 4 heteroatoms. The van der Waals surface area contributed by atoms with Crippen molar-refractivity contribution in [2.24, 2.45) is 5.92 Å². The van der Waals surface area contributed by atoms with Crippen molar-refractivity contribution in [3.05, 3.63) is 29.3 Å². The molecule has 1 saturated carbocycles. The molecule has 2 heterocycles. The highest BCUT2D eigenvalue weighted by Crippen LogP contribution is 2.34. The summed E-state index contributed by atoms with van der Waals surface area (Å²) in [5.74, 6) is 1.58. The molecule has 23 heavy (non-hydrogen) atoms. The Morgan fingerprint density at radius 1 is 1.13 bits per heavy atom. The minimum absolute atomic E-state index is 0.389. The number of hydrogen-bond donors (Lipinski definition) is 0. The van der Waals surface area contributed by atoms with Gasteiger partial charge in [-0.3, -0.25) is 4.79 Å². The monoisotopic (exact) mass is 328 g/mol. The van der Waals surface area contributed by atoms with Gasteiger partial charge in [-0.1, -0.05) is 25.0 Å². The quantitative estimate of drug-likeness (QED) is 0.826. The molecule has 122 valence electrons. The molecule has 0 atom stereocenters. The maximum absolute atomic E-state index is 12.5. The van der Waals surface area contributed by atoms with Gasteiger partial charge in [-0.25, -0.2) is 4.98 Å². The summed E-state index contributed by atoms with van der Waals surface area (Å²) in [4.78, 5) is 19.4. The Hall–Kier alpha value is -1.42. The number of fused-ring (bicyclic) bond motifs is 1. The van der Waals surface area contributed by atoms with Gasteiger partial charge in [0, 0.05) is 25.4 Å². The van der Waals surface area contributed by atoms with Crippen LogP contribution in [0.15, 0.2) is 24.3 Å². The van der Waals surface area contributed by atoms with Gasteiger partial charge in [0.05, 0.1) is 15.2 Å². The zero-order valence-corrected chi connectivity index (χ0v) is 14.4. The number of hydrogen-bond acceptors (Lipinski definition) is 3. The fourth-order valence-corrected chi connectivity index (χ4v) is 5.17. The molecule has 0 unspecified atom stereocenters. The molecule has 1 saturated heterocycles. The number of nitrogens with zero attached hydrogens (tertiary/aromatic N) is 2. The van der Waals surface area contributed by atoms with Gasteiger partial charge in [0.15, 0.2) is 0 Å². The van der Waals surface area contributed by atoms with Gasteiger partial charge in [-0.15, -0.1) is 11.3 Å². The molecule has 0 bridgehead atoms. The van der Waals surface area contributed by atoms with Crippen molar-refractivity contribution in [3.63, 3.8) is 0 Å². The summed E-state index contributed by atoms with van der Waals surface area (Å²) in [6, 6.07) is 8.37. The first-order valence-corrected chi connectivity index (χ1v) is 9.74. The molecule has 1 aliphatic carbocycles. The van der Waals surface area contributed by atoms with Gasteiger partial charge in [-0.2, -0.15) is 0 Å². The molecule has 2 aromatic rings. The highest BCUT2D eigenvalue weighted by molar-refractivity contribution is 7.18. The first kappa shape index (κ1) is 15.1. The molecule has 2 aliphatic rings. The van der Waals surface area contributed by atoms with E-state index in [1.54, 1.807) is 0 Å². The van der Waals surface area contributed by atoms with E-state index in [2.05, 4.69) is 29.2 Å². The van der Waals surface area contributed by atoms with Crippen LogP contribution >= 0.6 is 11.3 Å². The second-order valence-corrected chi connectivity index (χ2v) is 8.09. The van der Waals surface area contributed by atoms with Crippen LogP contribution < -0.4 is 0 Å². The lowest BCUT2D eigenvalue weighted by atomic mass is 9.96. The normalized spacial score (nSPS) is 20.4. The van der Waals surface area contributed by atoms with E-state index < -0.39 is 0 Å². The SMILES string of the molecule is O=C(CC1CCCC1)N1CCC(c2nc3ccccc3s2)CC1. The van der Waals surface area contributed by atoms with E-state index in [-0.39, 0.29) is 0 Å². The number of aromatic nitrogens is 1. The van der Waals surface area contributed by atoms with Crippen molar-refractivity contribution in [1.29, 1.82) is 0 Å². The van der Waals surface area contributed by atoms with Gasteiger partial charge in [0.1, 0.15) is 0 Å². The fourth-order valence-electron chi connectivity index (χ4n) is 4.03. The number of carbonyl (C=O) groups excluding carboxylic acids is 1. The van der Waals surface area contributed by atoms with E-state index in [1.165, 1.54) is 35.4 Å². The van der Waals surface area contributed by atoms with Crippen molar-refractivity contribution in [1.82, 2.24) is 9.88 Å². The third-order valence-corrected chi connectivity index (χ3v) is 6.64. The second-order valence-electron chi connectivity index (χ2n) is 7.03. The van der Waals surface area contributed by atoms with Gasteiger partial charge < -0.3 is 4.90 Å².